The second-order valence-corrected chi connectivity index (χ2v) is 5.90. The summed E-state index contributed by atoms with van der Waals surface area (Å²) in [6, 6.07) is 8.51. The molecule has 0 amide bonds. The van der Waals surface area contributed by atoms with Gasteiger partial charge in [-0.3, -0.25) is 4.90 Å². The molecule has 0 radical (unpaired) electrons. The molecule has 1 atom stereocenters. The first-order valence-corrected chi connectivity index (χ1v) is 8.71. The lowest BCUT2D eigenvalue weighted by atomic mass is 9.78. The van der Waals surface area contributed by atoms with Crippen molar-refractivity contribution in [3.63, 3.8) is 0 Å². The molecule has 0 saturated carbocycles. The van der Waals surface area contributed by atoms with Crippen LogP contribution in [0, 0.1) is 0 Å². The van der Waals surface area contributed by atoms with Crippen molar-refractivity contribution in [3.05, 3.63) is 34.9 Å². The summed E-state index contributed by atoms with van der Waals surface area (Å²) in [6.07, 6.45) is 2.21. The molecule has 0 aliphatic rings. The molecule has 120 valence electrons. The molecule has 0 aromatic heterocycles. The molecule has 2 nitrogen and oxygen atoms in total. The van der Waals surface area contributed by atoms with Crippen molar-refractivity contribution in [2.45, 2.75) is 59.0 Å². The monoisotopic (exact) mass is 310 g/mol. The van der Waals surface area contributed by atoms with E-state index in [0.29, 0.717) is 0 Å². The number of likely N-dealkylation sites (N-methyl/N-ethyl adjacent to an activating group) is 2. The van der Waals surface area contributed by atoms with Crippen LogP contribution in [0.5, 0.6) is 0 Å². The molecule has 0 aliphatic heterocycles. The van der Waals surface area contributed by atoms with Gasteiger partial charge >= 0.3 is 0 Å². The van der Waals surface area contributed by atoms with E-state index in [1.165, 1.54) is 5.56 Å². The van der Waals surface area contributed by atoms with Crippen LogP contribution in [0.25, 0.3) is 0 Å². The highest BCUT2D eigenvalue weighted by molar-refractivity contribution is 6.31. The number of benzene rings is 1. The Morgan fingerprint density at radius 1 is 1.05 bits per heavy atom. The SMILES string of the molecule is CCNC(c1ccccc1Cl)C(CC)(CC)N(CC)CC. The third-order valence-electron chi connectivity index (χ3n) is 4.78. The van der Waals surface area contributed by atoms with Gasteiger partial charge in [-0.15, -0.1) is 0 Å². The van der Waals surface area contributed by atoms with Crippen LogP contribution in [-0.2, 0) is 0 Å². The number of hydrogen-bond acceptors (Lipinski definition) is 2. The Morgan fingerprint density at radius 3 is 2.05 bits per heavy atom. The highest BCUT2D eigenvalue weighted by atomic mass is 35.5. The number of nitrogens with zero attached hydrogens (tertiary/aromatic N) is 1. The van der Waals surface area contributed by atoms with Crippen molar-refractivity contribution >= 4 is 11.6 Å². The number of halogens is 1. The Morgan fingerprint density at radius 2 is 1.62 bits per heavy atom. The van der Waals surface area contributed by atoms with E-state index in [1.807, 2.05) is 12.1 Å². The third-order valence-corrected chi connectivity index (χ3v) is 5.12. The predicted octanol–water partition coefficient (Wildman–Crippen LogP) is 4.89. The van der Waals surface area contributed by atoms with Gasteiger partial charge in [-0.2, -0.15) is 0 Å². The van der Waals surface area contributed by atoms with Crippen LogP contribution < -0.4 is 5.32 Å². The minimum atomic E-state index is 0.102. The van der Waals surface area contributed by atoms with Gasteiger partial charge in [0.25, 0.3) is 0 Å². The van der Waals surface area contributed by atoms with Crippen LogP contribution in [0.3, 0.4) is 0 Å². The van der Waals surface area contributed by atoms with Crippen LogP contribution in [0.1, 0.15) is 59.1 Å². The molecular weight excluding hydrogens is 280 g/mol. The van der Waals surface area contributed by atoms with Gasteiger partial charge in [-0.05, 0) is 44.1 Å². The average molecular weight is 311 g/mol. The lowest BCUT2D eigenvalue weighted by molar-refractivity contribution is 0.0493. The van der Waals surface area contributed by atoms with Crippen molar-refractivity contribution in [2.75, 3.05) is 19.6 Å². The van der Waals surface area contributed by atoms with E-state index < -0.39 is 0 Å². The minimum Gasteiger partial charge on any atom is -0.309 e. The molecule has 1 rings (SSSR count). The molecule has 0 bridgehead atoms. The highest BCUT2D eigenvalue weighted by Gasteiger charge is 2.40. The highest BCUT2D eigenvalue weighted by Crippen LogP contribution is 2.39. The van der Waals surface area contributed by atoms with Gasteiger partial charge in [0.2, 0.25) is 0 Å². The molecule has 0 saturated heterocycles. The summed E-state index contributed by atoms with van der Waals surface area (Å²) >= 11 is 6.51. The number of nitrogens with one attached hydrogen (secondary N) is 1. The zero-order valence-electron chi connectivity index (χ0n) is 14.2. The summed E-state index contributed by atoms with van der Waals surface area (Å²) in [6.45, 7) is 14.3. The molecule has 0 aliphatic carbocycles. The van der Waals surface area contributed by atoms with Crippen LogP contribution in [-0.4, -0.2) is 30.1 Å². The largest absolute Gasteiger partial charge is 0.309 e. The van der Waals surface area contributed by atoms with Gasteiger partial charge in [0.05, 0.1) is 6.04 Å². The zero-order valence-corrected chi connectivity index (χ0v) is 15.0. The van der Waals surface area contributed by atoms with Crippen LogP contribution >= 0.6 is 11.6 Å². The van der Waals surface area contributed by atoms with Crippen LogP contribution in [0.2, 0.25) is 5.02 Å². The van der Waals surface area contributed by atoms with Crippen molar-refractivity contribution in [2.24, 2.45) is 0 Å². The smallest absolute Gasteiger partial charge is 0.0521 e. The second-order valence-electron chi connectivity index (χ2n) is 5.50. The first-order chi connectivity index (χ1) is 10.1. The molecule has 3 heteroatoms. The lowest BCUT2D eigenvalue weighted by Crippen LogP contribution is -2.56. The van der Waals surface area contributed by atoms with Gasteiger partial charge in [-0.25, -0.2) is 0 Å². The maximum Gasteiger partial charge on any atom is 0.0521 e. The van der Waals surface area contributed by atoms with Crippen molar-refractivity contribution in [3.8, 4) is 0 Å². The topological polar surface area (TPSA) is 15.3 Å². The quantitative estimate of drug-likeness (QED) is 0.698. The molecule has 0 heterocycles. The second kappa shape index (κ2) is 8.77. The van der Waals surface area contributed by atoms with E-state index in [9.17, 15) is 0 Å². The van der Waals surface area contributed by atoms with E-state index in [1.54, 1.807) is 0 Å². The van der Waals surface area contributed by atoms with Crippen molar-refractivity contribution in [1.29, 1.82) is 0 Å². The summed E-state index contributed by atoms with van der Waals surface area (Å²) in [7, 11) is 0. The molecule has 1 aromatic carbocycles. The normalized spacial score (nSPS) is 13.7. The van der Waals surface area contributed by atoms with Crippen LogP contribution in [0.4, 0.5) is 0 Å². The summed E-state index contributed by atoms with van der Waals surface area (Å²) in [4.78, 5) is 2.59. The zero-order chi connectivity index (χ0) is 15.9. The third kappa shape index (κ3) is 3.80. The number of hydrogen-bond donors (Lipinski definition) is 1. The standard InChI is InChI=1S/C18H31ClN2/c1-6-18(7-2,21(9-4)10-5)17(20-8-3)15-13-11-12-14-16(15)19/h11-14,17,20H,6-10H2,1-5H3. The fourth-order valence-corrected chi connectivity index (χ4v) is 3.89. The molecular formula is C18H31ClN2. The van der Waals surface area contributed by atoms with E-state index in [-0.39, 0.29) is 11.6 Å². The Labute approximate surface area is 135 Å². The van der Waals surface area contributed by atoms with Gasteiger partial charge in [0, 0.05) is 10.6 Å². The maximum atomic E-state index is 6.51. The van der Waals surface area contributed by atoms with Crippen molar-refractivity contribution < 1.29 is 0 Å². The summed E-state index contributed by atoms with van der Waals surface area (Å²) in [5.41, 5.74) is 1.32. The van der Waals surface area contributed by atoms with Gasteiger partial charge in [0.1, 0.15) is 0 Å². The Bertz CT molecular complexity index is 411. The molecule has 1 aromatic rings. The molecule has 0 fully saturated rings. The Hall–Kier alpha value is -0.570. The summed E-state index contributed by atoms with van der Waals surface area (Å²) < 4.78 is 0. The van der Waals surface area contributed by atoms with Gasteiger partial charge in [-0.1, -0.05) is 64.4 Å². The molecule has 1 unspecified atom stereocenters. The van der Waals surface area contributed by atoms with Gasteiger partial charge in [0.15, 0.2) is 0 Å². The minimum absolute atomic E-state index is 0.102. The lowest BCUT2D eigenvalue weighted by Gasteiger charge is -2.48. The first kappa shape index (κ1) is 18.5. The van der Waals surface area contributed by atoms with Crippen LogP contribution in [0.15, 0.2) is 24.3 Å². The summed E-state index contributed by atoms with van der Waals surface area (Å²) in [5.74, 6) is 0. The fourth-order valence-electron chi connectivity index (χ4n) is 3.64. The summed E-state index contributed by atoms with van der Waals surface area (Å²) in [5, 5.41) is 4.57. The predicted molar refractivity (Wildman–Crippen MR) is 94.1 cm³/mol. The van der Waals surface area contributed by atoms with E-state index in [4.69, 9.17) is 11.6 Å². The van der Waals surface area contributed by atoms with E-state index in [2.05, 4.69) is 57.0 Å². The first-order valence-electron chi connectivity index (χ1n) is 8.33. The molecule has 0 spiro atoms. The van der Waals surface area contributed by atoms with Crippen molar-refractivity contribution in [1.82, 2.24) is 10.2 Å². The number of rotatable bonds is 9. The Kier molecular flexibility index (Phi) is 7.72. The molecule has 21 heavy (non-hydrogen) atoms. The van der Waals surface area contributed by atoms with E-state index in [0.717, 1.165) is 37.5 Å². The maximum absolute atomic E-state index is 6.51. The fraction of sp³-hybridized carbons (Fsp3) is 0.667. The average Bonchev–Trinajstić information content (AvgIpc) is 2.52. The van der Waals surface area contributed by atoms with E-state index >= 15 is 0 Å². The van der Waals surface area contributed by atoms with Gasteiger partial charge < -0.3 is 5.32 Å². The Balaban J connectivity index is 3.36. The molecule has 1 N–H and O–H groups in total.